The predicted molar refractivity (Wildman–Crippen MR) is 79.8 cm³/mol. The van der Waals surface area contributed by atoms with Crippen molar-refractivity contribution in [3.05, 3.63) is 22.6 Å². The molecule has 0 bridgehead atoms. The molecule has 1 aliphatic rings. The molecular weight excluding hydrogens is 262 g/mol. The molecular formula is C13H17N3S2. The van der Waals surface area contributed by atoms with Crippen LogP contribution in [0.3, 0.4) is 0 Å². The molecule has 1 N–H and O–H groups in total. The third-order valence-electron chi connectivity index (χ3n) is 3.87. The first-order valence-electron chi connectivity index (χ1n) is 6.29. The highest BCUT2D eigenvalue weighted by atomic mass is 32.2. The molecule has 0 saturated heterocycles. The molecule has 2 heterocycles. The van der Waals surface area contributed by atoms with Crippen LogP contribution in [-0.4, -0.2) is 26.0 Å². The second kappa shape index (κ2) is 4.70. The lowest BCUT2D eigenvalue weighted by atomic mass is 10.2. The van der Waals surface area contributed by atoms with Crippen molar-refractivity contribution >= 4 is 35.1 Å². The molecule has 0 radical (unpaired) electrons. The summed E-state index contributed by atoms with van der Waals surface area (Å²) in [5.74, 6) is 0. The minimum atomic E-state index is 0.512. The largest absolute Gasteiger partial charge is 0.329 e. The van der Waals surface area contributed by atoms with Crippen molar-refractivity contribution < 1.29 is 0 Å². The average Bonchev–Trinajstić information content (AvgIpc) is 2.93. The zero-order chi connectivity index (χ0) is 12.7. The number of aromatic amines is 1. The fraction of sp³-hybridized carbons (Fsp3) is 0.538. The van der Waals surface area contributed by atoms with E-state index in [0.29, 0.717) is 6.04 Å². The van der Waals surface area contributed by atoms with Gasteiger partial charge in [0, 0.05) is 17.5 Å². The lowest BCUT2D eigenvalue weighted by Gasteiger charge is -2.12. The Bertz CT molecular complexity index is 629. The number of imidazole rings is 1. The highest BCUT2D eigenvalue weighted by Gasteiger charge is 2.27. The van der Waals surface area contributed by atoms with Gasteiger partial charge in [-0.3, -0.25) is 4.57 Å². The van der Waals surface area contributed by atoms with Crippen LogP contribution in [0, 0.1) is 11.7 Å². The van der Waals surface area contributed by atoms with Gasteiger partial charge >= 0.3 is 0 Å². The quantitative estimate of drug-likeness (QED) is 0.848. The molecule has 2 atom stereocenters. The van der Waals surface area contributed by atoms with E-state index < -0.39 is 0 Å². The second-order valence-electron chi connectivity index (χ2n) is 4.95. The number of fused-ring (bicyclic) bond motifs is 1. The van der Waals surface area contributed by atoms with Gasteiger partial charge in [-0.25, -0.2) is 4.98 Å². The van der Waals surface area contributed by atoms with E-state index in [2.05, 4.69) is 27.7 Å². The number of hydrogen-bond acceptors (Lipinski definition) is 3. The summed E-state index contributed by atoms with van der Waals surface area (Å²) in [7, 11) is 0. The summed E-state index contributed by atoms with van der Waals surface area (Å²) in [5, 5.41) is 0.770. The molecule has 3 rings (SSSR count). The van der Waals surface area contributed by atoms with Gasteiger partial charge in [-0.2, -0.15) is 11.8 Å². The molecule has 18 heavy (non-hydrogen) atoms. The summed E-state index contributed by atoms with van der Waals surface area (Å²) < 4.78 is 3.05. The number of H-pyrrole nitrogens is 1. The normalized spacial score (nSPS) is 23.9. The molecule has 2 aromatic rings. The van der Waals surface area contributed by atoms with Gasteiger partial charge in [-0.1, -0.05) is 0 Å². The topological polar surface area (TPSA) is 33.6 Å². The van der Waals surface area contributed by atoms with Crippen LogP contribution >= 0.6 is 24.0 Å². The number of thioether (sulfide) groups is 1. The molecule has 1 aliphatic carbocycles. The smallest absolute Gasteiger partial charge is 0.179 e. The Kier molecular flexibility index (Phi) is 3.20. The van der Waals surface area contributed by atoms with E-state index in [-0.39, 0.29) is 0 Å². The van der Waals surface area contributed by atoms with Gasteiger partial charge in [0.05, 0.1) is 5.52 Å². The molecule has 0 aliphatic heterocycles. The maximum Gasteiger partial charge on any atom is 0.179 e. The number of pyridine rings is 1. The predicted octanol–water partition coefficient (Wildman–Crippen LogP) is 3.86. The summed E-state index contributed by atoms with van der Waals surface area (Å²) in [5.41, 5.74) is 3.33. The van der Waals surface area contributed by atoms with Crippen molar-refractivity contribution in [3.63, 3.8) is 0 Å². The maximum atomic E-state index is 5.48. The number of nitrogens with one attached hydrogen (secondary N) is 1. The van der Waals surface area contributed by atoms with Gasteiger partial charge in [-0.15, -0.1) is 0 Å². The Hall–Kier alpha value is -0.810. The first-order chi connectivity index (χ1) is 8.70. The van der Waals surface area contributed by atoms with E-state index in [1.807, 2.05) is 24.0 Å². The number of nitrogens with zero attached hydrogens (tertiary/aromatic N) is 2. The molecule has 3 nitrogen and oxygen atoms in total. The Morgan fingerprint density at radius 1 is 1.50 bits per heavy atom. The van der Waals surface area contributed by atoms with E-state index in [0.717, 1.165) is 21.2 Å². The Morgan fingerprint density at radius 2 is 2.33 bits per heavy atom. The average molecular weight is 279 g/mol. The van der Waals surface area contributed by atoms with E-state index in [1.165, 1.54) is 24.8 Å². The van der Waals surface area contributed by atoms with Crippen molar-refractivity contribution in [1.82, 2.24) is 14.5 Å². The van der Waals surface area contributed by atoms with Crippen LogP contribution in [0.5, 0.6) is 0 Å². The van der Waals surface area contributed by atoms with Crippen LogP contribution in [-0.2, 0) is 0 Å². The van der Waals surface area contributed by atoms with E-state index in [4.69, 9.17) is 12.2 Å². The van der Waals surface area contributed by atoms with Crippen LogP contribution in [0.1, 0.15) is 30.9 Å². The minimum absolute atomic E-state index is 0.512. The number of aromatic nitrogens is 3. The summed E-state index contributed by atoms with van der Waals surface area (Å²) >= 11 is 7.45. The van der Waals surface area contributed by atoms with Gasteiger partial charge in [0.2, 0.25) is 0 Å². The summed E-state index contributed by atoms with van der Waals surface area (Å²) in [4.78, 5) is 7.83. The third kappa shape index (κ3) is 1.89. The van der Waals surface area contributed by atoms with E-state index >= 15 is 0 Å². The minimum Gasteiger partial charge on any atom is -0.329 e. The Balaban J connectivity index is 2.10. The Labute approximate surface area is 116 Å². The van der Waals surface area contributed by atoms with Crippen LogP contribution < -0.4 is 0 Å². The second-order valence-corrected chi connectivity index (χ2v) is 6.48. The zero-order valence-electron chi connectivity index (χ0n) is 10.6. The fourth-order valence-electron chi connectivity index (χ4n) is 2.85. The monoisotopic (exact) mass is 279 g/mol. The van der Waals surface area contributed by atoms with Crippen LogP contribution in [0.25, 0.3) is 11.2 Å². The standard InChI is InChI=1S/C13H17N3S2/c1-8-5-6-14-12-11(8)15-13(17)16(12)9-3-4-10(7-9)18-2/h5-6,9-10H,3-4,7H2,1-2H3,(H,15,17). The molecule has 0 spiro atoms. The Morgan fingerprint density at radius 3 is 3.06 bits per heavy atom. The molecule has 0 amide bonds. The zero-order valence-corrected chi connectivity index (χ0v) is 12.3. The molecule has 96 valence electrons. The first kappa shape index (κ1) is 12.2. The molecule has 0 aromatic carbocycles. The summed E-state index contributed by atoms with van der Waals surface area (Å²) in [6, 6.07) is 2.54. The number of aryl methyl sites for hydroxylation is 1. The van der Waals surface area contributed by atoms with Crippen LogP contribution in [0.15, 0.2) is 12.3 Å². The van der Waals surface area contributed by atoms with Crippen molar-refractivity contribution in [2.75, 3.05) is 6.26 Å². The van der Waals surface area contributed by atoms with Gasteiger partial charge in [0.15, 0.2) is 10.4 Å². The van der Waals surface area contributed by atoms with E-state index in [9.17, 15) is 0 Å². The van der Waals surface area contributed by atoms with Gasteiger partial charge in [0.25, 0.3) is 0 Å². The highest BCUT2D eigenvalue weighted by molar-refractivity contribution is 7.99. The van der Waals surface area contributed by atoms with Gasteiger partial charge < -0.3 is 4.98 Å². The van der Waals surface area contributed by atoms with Gasteiger partial charge in [0.1, 0.15) is 0 Å². The third-order valence-corrected chi connectivity index (χ3v) is 5.27. The van der Waals surface area contributed by atoms with Crippen LogP contribution in [0.2, 0.25) is 0 Å². The number of rotatable bonds is 2. The molecule has 2 aromatic heterocycles. The van der Waals surface area contributed by atoms with E-state index in [1.54, 1.807) is 0 Å². The van der Waals surface area contributed by atoms with Crippen molar-refractivity contribution in [2.24, 2.45) is 0 Å². The fourth-order valence-corrected chi connectivity index (χ4v) is 3.97. The molecule has 1 fully saturated rings. The van der Waals surface area contributed by atoms with Crippen LogP contribution in [0.4, 0.5) is 0 Å². The molecule has 1 saturated carbocycles. The lowest BCUT2D eigenvalue weighted by Crippen LogP contribution is -2.07. The number of hydrogen-bond donors (Lipinski definition) is 1. The maximum absolute atomic E-state index is 5.48. The molecule has 2 unspecified atom stereocenters. The van der Waals surface area contributed by atoms with Crippen molar-refractivity contribution in [1.29, 1.82) is 0 Å². The summed E-state index contributed by atoms with van der Waals surface area (Å²) in [6.07, 6.45) is 7.77. The highest BCUT2D eigenvalue weighted by Crippen LogP contribution is 2.37. The summed E-state index contributed by atoms with van der Waals surface area (Å²) in [6.45, 7) is 2.10. The lowest BCUT2D eigenvalue weighted by molar-refractivity contribution is 0.524. The molecule has 5 heteroatoms. The van der Waals surface area contributed by atoms with Crippen molar-refractivity contribution in [3.8, 4) is 0 Å². The first-order valence-corrected chi connectivity index (χ1v) is 7.99. The SMILES string of the molecule is CSC1CCC(n2c(=S)[nH]c3c(C)ccnc32)C1. The van der Waals surface area contributed by atoms with Crippen molar-refractivity contribution in [2.45, 2.75) is 37.5 Å². The van der Waals surface area contributed by atoms with Gasteiger partial charge in [-0.05, 0) is 56.3 Å².